The van der Waals surface area contributed by atoms with Crippen LogP contribution in [-0.2, 0) is 4.79 Å². The maximum absolute atomic E-state index is 12.1. The van der Waals surface area contributed by atoms with Gasteiger partial charge in [0, 0.05) is 18.0 Å². The number of thioether (sulfide) groups is 1. The molecule has 1 aliphatic heterocycles. The molecule has 102 valence electrons. The second kappa shape index (κ2) is 5.97. The van der Waals surface area contributed by atoms with Crippen molar-refractivity contribution in [3.63, 3.8) is 0 Å². The lowest BCUT2D eigenvalue weighted by Crippen LogP contribution is -2.34. The number of carbonyl (C=O) groups is 2. The predicted octanol–water partition coefficient (Wildman–Crippen LogP) is 1.75. The Morgan fingerprint density at radius 1 is 1.42 bits per heavy atom. The zero-order valence-electron chi connectivity index (χ0n) is 10.8. The van der Waals surface area contributed by atoms with Gasteiger partial charge in [0.15, 0.2) is 0 Å². The van der Waals surface area contributed by atoms with Crippen LogP contribution in [0.25, 0.3) is 0 Å². The van der Waals surface area contributed by atoms with Crippen molar-refractivity contribution in [1.29, 1.82) is 0 Å². The summed E-state index contributed by atoms with van der Waals surface area (Å²) in [6.07, 6.45) is 2.61. The summed E-state index contributed by atoms with van der Waals surface area (Å²) in [6, 6.07) is 7.46. The molecule has 6 heteroatoms. The molecule has 3 amide bonds. The van der Waals surface area contributed by atoms with Crippen molar-refractivity contribution >= 4 is 29.4 Å². The van der Waals surface area contributed by atoms with Crippen LogP contribution < -0.4 is 11.1 Å². The molecule has 0 radical (unpaired) electrons. The number of hydrogen-bond donors (Lipinski definition) is 2. The maximum Gasteiger partial charge on any atom is 0.321 e. The molecule has 5 nitrogen and oxygen atoms in total. The average Bonchev–Trinajstić information content (AvgIpc) is 2.89. The van der Waals surface area contributed by atoms with Gasteiger partial charge in [-0.15, -0.1) is 11.8 Å². The summed E-state index contributed by atoms with van der Waals surface area (Å²) in [5, 5.41) is 2.88. The van der Waals surface area contributed by atoms with Crippen LogP contribution in [0.15, 0.2) is 29.2 Å². The maximum atomic E-state index is 12.1. The standard InChI is InChI=1S/C13H17N3O2S/c1-19-11-5-3-2-4-10(11)15-13(18)16-7-6-9(8-16)12(14)17/h2-5,9H,6-8H2,1H3,(H2,14,17)(H,15,18)/t9-/m0/s1. The number of nitrogens with two attached hydrogens (primary N) is 1. The summed E-state index contributed by atoms with van der Waals surface area (Å²) in [5.74, 6) is -0.554. The van der Waals surface area contributed by atoms with Gasteiger partial charge in [-0.05, 0) is 24.8 Å². The highest BCUT2D eigenvalue weighted by atomic mass is 32.2. The minimum atomic E-state index is -0.334. The van der Waals surface area contributed by atoms with Gasteiger partial charge in [0.25, 0.3) is 0 Å². The third-order valence-electron chi connectivity index (χ3n) is 3.23. The first kappa shape index (κ1) is 13.7. The number of hydrogen-bond acceptors (Lipinski definition) is 3. The van der Waals surface area contributed by atoms with Crippen LogP contribution in [0.1, 0.15) is 6.42 Å². The van der Waals surface area contributed by atoms with Crippen LogP contribution in [0.3, 0.4) is 0 Å². The number of carbonyl (C=O) groups excluding carboxylic acids is 2. The molecule has 1 aromatic carbocycles. The number of amides is 3. The van der Waals surface area contributed by atoms with Crippen LogP contribution in [0, 0.1) is 5.92 Å². The fourth-order valence-electron chi connectivity index (χ4n) is 2.12. The van der Waals surface area contributed by atoms with Gasteiger partial charge in [-0.1, -0.05) is 12.1 Å². The highest BCUT2D eigenvalue weighted by molar-refractivity contribution is 7.98. The number of likely N-dealkylation sites (tertiary alicyclic amines) is 1. The summed E-state index contributed by atoms with van der Waals surface area (Å²) in [4.78, 5) is 25.8. The minimum Gasteiger partial charge on any atom is -0.369 e. The Hall–Kier alpha value is -1.69. The van der Waals surface area contributed by atoms with Gasteiger partial charge >= 0.3 is 6.03 Å². The smallest absolute Gasteiger partial charge is 0.321 e. The first-order valence-electron chi connectivity index (χ1n) is 6.10. The van der Waals surface area contributed by atoms with Crippen molar-refractivity contribution in [3.05, 3.63) is 24.3 Å². The van der Waals surface area contributed by atoms with Gasteiger partial charge < -0.3 is 16.0 Å². The molecular weight excluding hydrogens is 262 g/mol. The molecule has 1 aromatic rings. The van der Waals surface area contributed by atoms with E-state index in [0.29, 0.717) is 19.5 Å². The van der Waals surface area contributed by atoms with E-state index in [1.165, 1.54) is 0 Å². The molecule has 3 N–H and O–H groups in total. The summed E-state index contributed by atoms with van der Waals surface area (Å²) in [7, 11) is 0. The Kier molecular flexibility index (Phi) is 4.31. The van der Waals surface area contributed by atoms with Crippen molar-refractivity contribution in [2.24, 2.45) is 11.7 Å². The highest BCUT2D eigenvalue weighted by Crippen LogP contribution is 2.25. The van der Waals surface area contributed by atoms with E-state index in [-0.39, 0.29) is 17.9 Å². The zero-order valence-corrected chi connectivity index (χ0v) is 11.6. The number of rotatable bonds is 3. The van der Waals surface area contributed by atoms with E-state index in [9.17, 15) is 9.59 Å². The number of para-hydroxylation sites is 1. The molecule has 0 spiro atoms. The van der Waals surface area contributed by atoms with E-state index in [4.69, 9.17) is 5.73 Å². The Labute approximate surface area is 116 Å². The Morgan fingerprint density at radius 3 is 2.79 bits per heavy atom. The molecule has 19 heavy (non-hydrogen) atoms. The molecular formula is C13H17N3O2S. The Bertz CT molecular complexity index is 493. The van der Waals surface area contributed by atoms with E-state index in [2.05, 4.69) is 5.32 Å². The van der Waals surface area contributed by atoms with Crippen LogP contribution >= 0.6 is 11.8 Å². The lowest BCUT2D eigenvalue weighted by atomic mass is 10.1. The van der Waals surface area contributed by atoms with Crippen molar-refractivity contribution in [2.45, 2.75) is 11.3 Å². The fraction of sp³-hybridized carbons (Fsp3) is 0.385. The minimum absolute atomic E-state index is 0.176. The normalized spacial score (nSPS) is 18.4. The van der Waals surface area contributed by atoms with Gasteiger partial charge in [0.05, 0.1) is 11.6 Å². The zero-order chi connectivity index (χ0) is 13.8. The summed E-state index contributed by atoms with van der Waals surface area (Å²) < 4.78 is 0. The van der Waals surface area contributed by atoms with Crippen LogP contribution in [-0.4, -0.2) is 36.2 Å². The second-order valence-electron chi connectivity index (χ2n) is 4.46. The van der Waals surface area contributed by atoms with E-state index in [1.807, 2.05) is 30.5 Å². The third-order valence-corrected chi connectivity index (χ3v) is 4.02. The molecule has 0 bridgehead atoms. The largest absolute Gasteiger partial charge is 0.369 e. The summed E-state index contributed by atoms with van der Waals surface area (Å²) >= 11 is 1.58. The van der Waals surface area contributed by atoms with Gasteiger partial charge in [-0.2, -0.15) is 0 Å². The number of benzene rings is 1. The average molecular weight is 279 g/mol. The van der Waals surface area contributed by atoms with Gasteiger partial charge in [0.2, 0.25) is 5.91 Å². The van der Waals surface area contributed by atoms with E-state index in [1.54, 1.807) is 16.7 Å². The van der Waals surface area contributed by atoms with Crippen LogP contribution in [0.4, 0.5) is 10.5 Å². The molecule has 1 heterocycles. The van der Waals surface area contributed by atoms with Crippen molar-refractivity contribution < 1.29 is 9.59 Å². The quantitative estimate of drug-likeness (QED) is 0.828. The molecule has 1 aliphatic rings. The monoisotopic (exact) mass is 279 g/mol. The fourth-order valence-corrected chi connectivity index (χ4v) is 2.67. The topological polar surface area (TPSA) is 75.4 Å². The molecule has 1 fully saturated rings. The lowest BCUT2D eigenvalue weighted by Gasteiger charge is -2.18. The predicted molar refractivity (Wildman–Crippen MR) is 76.1 cm³/mol. The number of nitrogens with one attached hydrogen (secondary N) is 1. The van der Waals surface area contributed by atoms with Crippen LogP contribution in [0.5, 0.6) is 0 Å². The third kappa shape index (κ3) is 3.20. The molecule has 0 saturated carbocycles. The Morgan fingerprint density at radius 2 is 2.16 bits per heavy atom. The first-order valence-corrected chi connectivity index (χ1v) is 7.32. The van der Waals surface area contributed by atoms with Gasteiger partial charge in [-0.25, -0.2) is 4.79 Å². The molecule has 1 saturated heterocycles. The Balaban J connectivity index is 2.00. The molecule has 1 atom stereocenters. The summed E-state index contributed by atoms with van der Waals surface area (Å²) in [5.41, 5.74) is 6.05. The van der Waals surface area contributed by atoms with Gasteiger partial charge in [-0.3, -0.25) is 4.79 Å². The van der Waals surface area contributed by atoms with E-state index >= 15 is 0 Å². The van der Waals surface area contributed by atoms with Crippen molar-refractivity contribution in [3.8, 4) is 0 Å². The lowest BCUT2D eigenvalue weighted by molar-refractivity contribution is -0.121. The molecule has 0 aliphatic carbocycles. The number of primary amides is 1. The molecule has 0 aromatic heterocycles. The van der Waals surface area contributed by atoms with E-state index < -0.39 is 0 Å². The summed E-state index contributed by atoms with van der Waals surface area (Å²) in [6.45, 7) is 0.976. The number of urea groups is 1. The van der Waals surface area contributed by atoms with Gasteiger partial charge in [0.1, 0.15) is 0 Å². The van der Waals surface area contributed by atoms with Crippen molar-refractivity contribution in [2.75, 3.05) is 24.7 Å². The highest BCUT2D eigenvalue weighted by Gasteiger charge is 2.29. The second-order valence-corrected chi connectivity index (χ2v) is 5.31. The van der Waals surface area contributed by atoms with Crippen molar-refractivity contribution in [1.82, 2.24) is 4.90 Å². The first-order chi connectivity index (χ1) is 9.11. The molecule has 2 rings (SSSR count). The number of anilines is 1. The number of nitrogens with zero attached hydrogens (tertiary/aromatic N) is 1. The SMILES string of the molecule is CSc1ccccc1NC(=O)N1CC[C@H](C(N)=O)C1. The van der Waals surface area contributed by atoms with Crippen LogP contribution in [0.2, 0.25) is 0 Å². The van der Waals surface area contributed by atoms with E-state index in [0.717, 1.165) is 10.6 Å². The molecule has 0 unspecified atom stereocenters.